The van der Waals surface area contributed by atoms with Crippen LogP contribution < -0.4 is 5.32 Å². The van der Waals surface area contributed by atoms with Crippen LogP contribution in [0.5, 0.6) is 0 Å². The molecular weight excluding hydrogens is 250 g/mol. The molecule has 1 N–H and O–H groups in total. The van der Waals surface area contributed by atoms with Crippen LogP contribution in [-0.2, 0) is 13.1 Å². The van der Waals surface area contributed by atoms with Gasteiger partial charge in [-0.1, -0.05) is 20.8 Å². The van der Waals surface area contributed by atoms with Crippen LogP contribution in [0.2, 0.25) is 0 Å². The molecule has 1 atom stereocenters. The lowest BCUT2D eigenvalue weighted by atomic mass is 10.3. The quantitative estimate of drug-likeness (QED) is 0.845. The standard InChI is InChI=1S/C15H25N5/c1-5-13(4)19-9-7-14(18-19)11-20-15(6-8-17-20)10-16-12(2)3/h6-9,12-13,16H,5,10-11H2,1-4H3. The van der Waals surface area contributed by atoms with Crippen LogP contribution in [0.3, 0.4) is 0 Å². The number of aromatic nitrogens is 4. The van der Waals surface area contributed by atoms with Gasteiger partial charge in [-0.2, -0.15) is 10.2 Å². The maximum atomic E-state index is 4.63. The molecule has 5 nitrogen and oxygen atoms in total. The van der Waals surface area contributed by atoms with Crippen LogP contribution in [0, 0.1) is 0 Å². The van der Waals surface area contributed by atoms with Gasteiger partial charge in [-0.05, 0) is 25.5 Å². The third-order valence-corrected chi connectivity index (χ3v) is 3.51. The number of rotatable bonds is 7. The summed E-state index contributed by atoms with van der Waals surface area (Å²) in [5.41, 5.74) is 2.25. The molecule has 0 radical (unpaired) electrons. The lowest BCUT2D eigenvalue weighted by molar-refractivity contribution is 0.469. The van der Waals surface area contributed by atoms with E-state index in [-0.39, 0.29) is 0 Å². The highest BCUT2D eigenvalue weighted by Crippen LogP contribution is 2.10. The van der Waals surface area contributed by atoms with Crippen LogP contribution in [0.4, 0.5) is 0 Å². The average Bonchev–Trinajstić information content (AvgIpc) is 3.05. The fourth-order valence-corrected chi connectivity index (χ4v) is 2.01. The van der Waals surface area contributed by atoms with Gasteiger partial charge in [-0.25, -0.2) is 0 Å². The van der Waals surface area contributed by atoms with E-state index in [1.54, 1.807) is 0 Å². The molecule has 0 saturated carbocycles. The lowest BCUT2D eigenvalue weighted by Crippen LogP contribution is -2.24. The minimum atomic E-state index is 0.448. The molecule has 0 fully saturated rings. The number of hydrogen-bond donors (Lipinski definition) is 1. The van der Waals surface area contributed by atoms with E-state index in [4.69, 9.17) is 0 Å². The van der Waals surface area contributed by atoms with Crippen molar-refractivity contribution in [2.24, 2.45) is 0 Å². The van der Waals surface area contributed by atoms with Gasteiger partial charge in [-0.15, -0.1) is 0 Å². The first kappa shape index (κ1) is 14.8. The van der Waals surface area contributed by atoms with E-state index in [1.807, 2.05) is 15.6 Å². The Morgan fingerprint density at radius 3 is 2.75 bits per heavy atom. The summed E-state index contributed by atoms with van der Waals surface area (Å²) < 4.78 is 4.05. The molecule has 0 aliphatic heterocycles. The first-order valence-corrected chi connectivity index (χ1v) is 7.38. The highest BCUT2D eigenvalue weighted by Gasteiger charge is 2.08. The van der Waals surface area contributed by atoms with E-state index in [0.29, 0.717) is 12.1 Å². The highest BCUT2D eigenvalue weighted by atomic mass is 15.3. The topological polar surface area (TPSA) is 47.7 Å². The second kappa shape index (κ2) is 6.70. The molecule has 1 unspecified atom stereocenters. The third kappa shape index (κ3) is 3.70. The zero-order valence-corrected chi connectivity index (χ0v) is 12.9. The van der Waals surface area contributed by atoms with Crippen molar-refractivity contribution in [1.82, 2.24) is 24.9 Å². The van der Waals surface area contributed by atoms with Gasteiger partial charge in [-0.3, -0.25) is 9.36 Å². The Kier molecular flexibility index (Phi) is 4.95. The molecule has 2 aromatic heterocycles. The summed E-state index contributed by atoms with van der Waals surface area (Å²) in [4.78, 5) is 0. The van der Waals surface area contributed by atoms with Gasteiger partial charge in [0, 0.05) is 31.0 Å². The molecule has 2 rings (SSSR count). The first-order chi connectivity index (χ1) is 9.60. The van der Waals surface area contributed by atoms with Crippen molar-refractivity contribution in [3.63, 3.8) is 0 Å². The lowest BCUT2D eigenvalue weighted by Gasteiger charge is -2.10. The zero-order valence-electron chi connectivity index (χ0n) is 12.9. The van der Waals surface area contributed by atoms with Crippen molar-refractivity contribution in [2.45, 2.75) is 59.3 Å². The van der Waals surface area contributed by atoms with Crippen molar-refractivity contribution < 1.29 is 0 Å². The normalized spacial score (nSPS) is 13.1. The number of hydrogen-bond acceptors (Lipinski definition) is 3. The van der Waals surface area contributed by atoms with Crippen LogP contribution in [0.25, 0.3) is 0 Å². The highest BCUT2D eigenvalue weighted by molar-refractivity contribution is 5.06. The molecule has 0 bridgehead atoms. The zero-order chi connectivity index (χ0) is 14.5. The van der Waals surface area contributed by atoms with E-state index in [0.717, 1.165) is 25.2 Å². The monoisotopic (exact) mass is 275 g/mol. The summed E-state index contributed by atoms with van der Waals surface area (Å²) in [5, 5.41) is 12.4. The van der Waals surface area contributed by atoms with Gasteiger partial charge in [0.25, 0.3) is 0 Å². The van der Waals surface area contributed by atoms with Gasteiger partial charge >= 0.3 is 0 Å². The van der Waals surface area contributed by atoms with Crippen molar-refractivity contribution in [3.8, 4) is 0 Å². The summed E-state index contributed by atoms with van der Waals surface area (Å²) in [6.07, 6.45) is 4.99. The van der Waals surface area contributed by atoms with Gasteiger partial charge in [0.05, 0.1) is 17.9 Å². The Morgan fingerprint density at radius 1 is 1.25 bits per heavy atom. The second-order valence-corrected chi connectivity index (χ2v) is 5.56. The average molecular weight is 275 g/mol. The van der Waals surface area contributed by atoms with Crippen LogP contribution >= 0.6 is 0 Å². The van der Waals surface area contributed by atoms with Gasteiger partial charge in [0.2, 0.25) is 0 Å². The Hall–Kier alpha value is -1.62. The summed E-state index contributed by atoms with van der Waals surface area (Å²) in [5.74, 6) is 0. The molecule has 2 heterocycles. The number of nitrogens with one attached hydrogen (secondary N) is 1. The maximum Gasteiger partial charge on any atom is 0.0853 e. The SMILES string of the molecule is CCC(C)n1ccc(Cn2nccc2CNC(C)C)n1. The molecule has 0 spiro atoms. The smallest absolute Gasteiger partial charge is 0.0853 e. The fourth-order valence-electron chi connectivity index (χ4n) is 2.01. The Balaban J connectivity index is 2.03. The van der Waals surface area contributed by atoms with E-state index in [2.05, 4.69) is 61.5 Å². The molecule has 5 heteroatoms. The Bertz CT molecular complexity index is 526. The molecule has 20 heavy (non-hydrogen) atoms. The van der Waals surface area contributed by atoms with Crippen LogP contribution in [-0.4, -0.2) is 25.6 Å². The largest absolute Gasteiger partial charge is 0.309 e. The summed E-state index contributed by atoms with van der Waals surface area (Å²) in [6.45, 7) is 10.2. The van der Waals surface area contributed by atoms with Gasteiger partial charge < -0.3 is 5.32 Å². The van der Waals surface area contributed by atoms with Gasteiger partial charge in [0.15, 0.2) is 0 Å². The van der Waals surface area contributed by atoms with E-state index in [1.165, 1.54) is 5.69 Å². The molecule has 0 aliphatic rings. The molecular formula is C15H25N5. The summed E-state index contributed by atoms with van der Waals surface area (Å²) >= 11 is 0. The predicted molar refractivity (Wildman–Crippen MR) is 80.5 cm³/mol. The Morgan fingerprint density at radius 2 is 2.05 bits per heavy atom. The molecule has 0 aromatic carbocycles. The fraction of sp³-hybridized carbons (Fsp3) is 0.600. The molecule has 0 saturated heterocycles. The molecule has 0 amide bonds. The summed E-state index contributed by atoms with van der Waals surface area (Å²) in [7, 11) is 0. The summed E-state index contributed by atoms with van der Waals surface area (Å²) in [6, 6.07) is 5.06. The second-order valence-electron chi connectivity index (χ2n) is 5.56. The van der Waals surface area contributed by atoms with Crippen molar-refractivity contribution in [3.05, 3.63) is 35.9 Å². The molecule has 110 valence electrons. The van der Waals surface area contributed by atoms with Crippen molar-refractivity contribution >= 4 is 0 Å². The Labute approximate surface area is 121 Å². The predicted octanol–water partition coefficient (Wildman–Crippen LogP) is 2.60. The molecule has 0 aliphatic carbocycles. The first-order valence-electron chi connectivity index (χ1n) is 7.38. The maximum absolute atomic E-state index is 4.63. The van der Waals surface area contributed by atoms with Crippen LogP contribution in [0.1, 0.15) is 51.5 Å². The van der Waals surface area contributed by atoms with Gasteiger partial charge in [0.1, 0.15) is 0 Å². The van der Waals surface area contributed by atoms with E-state index in [9.17, 15) is 0 Å². The van der Waals surface area contributed by atoms with Crippen molar-refractivity contribution in [1.29, 1.82) is 0 Å². The minimum absolute atomic E-state index is 0.448. The van der Waals surface area contributed by atoms with Crippen molar-refractivity contribution in [2.75, 3.05) is 0 Å². The number of nitrogens with zero attached hydrogens (tertiary/aromatic N) is 4. The van der Waals surface area contributed by atoms with Crippen LogP contribution in [0.15, 0.2) is 24.5 Å². The van der Waals surface area contributed by atoms with E-state index >= 15 is 0 Å². The third-order valence-electron chi connectivity index (χ3n) is 3.51. The molecule has 2 aromatic rings. The van der Waals surface area contributed by atoms with E-state index < -0.39 is 0 Å². The minimum Gasteiger partial charge on any atom is -0.309 e.